The minimum absolute atomic E-state index is 0.00805. The molecule has 5 rings (SSSR count). The Kier molecular flexibility index (Phi) is 8.70. The quantitative estimate of drug-likeness (QED) is 0.301. The lowest BCUT2D eigenvalue weighted by atomic mass is 10.1. The number of carbonyl (C=O) groups excluding carboxylic acids is 1. The molecule has 0 spiro atoms. The minimum Gasteiger partial charge on any atom is -0.355 e. The Bertz CT molecular complexity index is 1520. The summed E-state index contributed by atoms with van der Waals surface area (Å²) in [7, 11) is 0. The number of hydrogen-bond acceptors (Lipinski definition) is 9. The van der Waals surface area contributed by atoms with Crippen LogP contribution in [-0.4, -0.2) is 66.4 Å². The predicted molar refractivity (Wildman–Crippen MR) is 142 cm³/mol. The molecule has 0 aliphatic carbocycles. The van der Waals surface area contributed by atoms with Gasteiger partial charge in [-0.05, 0) is 42.8 Å². The van der Waals surface area contributed by atoms with E-state index < -0.39 is 41.3 Å². The Labute approximate surface area is 249 Å². The van der Waals surface area contributed by atoms with Gasteiger partial charge in [0.05, 0.1) is 22.5 Å². The molecule has 3 aromatic rings. The van der Waals surface area contributed by atoms with E-state index in [2.05, 4.69) is 20.3 Å². The van der Waals surface area contributed by atoms with E-state index in [9.17, 15) is 44.3 Å². The number of carbonyl (C=O) groups is 1. The number of aromatic nitrogens is 3. The van der Waals surface area contributed by atoms with Gasteiger partial charge in [0.15, 0.2) is 5.82 Å². The second-order valence-corrected chi connectivity index (χ2v) is 10.1. The summed E-state index contributed by atoms with van der Waals surface area (Å²) in [4.78, 5) is 32.8. The number of halogens is 9. The van der Waals surface area contributed by atoms with Crippen LogP contribution in [0.3, 0.4) is 0 Å². The number of rotatable bonds is 5. The average Bonchev–Trinajstić information content (AvgIpc) is 3.21. The van der Waals surface area contributed by atoms with Crippen LogP contribution in [0.5, 0.6) is 0 Å². The lowest BCUT2D eigenvalue weighted by Crippen LogP contribution is -2.44. The maximum absolute atomic E-state index is 13.8. The zero-order chi connectivity index (χ0) is 32.6. The van der Waals surface area contributed by atoms with Crippen molar-refractivity contribution >= 4 is 29.2 Å². The molecular weight excluding hydrogens is 625 g/mol. The first-order chi connectivity index (χ1) is 21.1. The van der Waals surface area contributed by atoms with Gasteiger partial charge in [0.2, 0.25) is 5.95 Å². The zero-order valence-electron chi connectivity index (χ0n) is 23.1. The average molecular weight is 650 g/mol. The van der Waals surface area contributed by atoms with Gasteiger partial charge < -0.3 is 20.0 Å². The number of fused-ring (bicyclic) bond motifs is 1. The smallest absolute Gasteiger partial charge is 0.355 e. The Morgan fingerprint density at radius 3 is 2.11 bits per heavy atom. The Morgan fingerprint density at radius 1 is 0.822 bits per heavy atom. The molecule has 0 bridgehead atoms. The van der Waals surface area contributed by atoms with Crippen LogP contribution in [0.1, 0.15) is 22.4 Å². The summed E-state index contributed by atoms with van der Waals surface area (Å²) in [5.41, 5.74) is -2.11. The van der Waals surface area contributed by atoms with E-state index in [-0.39, 0.29) is 54.8 Å². The van der Waals surface area contributed by atoms with Crippen molar-refractivity contribution in [2.75, 3.05) is 54.1 Å². The van der Waals surface area contributed by atoms with Crippen molar-refractivity contribution < 1.29 is 49.1 Å². The van der Waals surface area contributed by atoms with Crippen LogP contribution >= 0.6 is 0 Å². The molecule has 45 heavy (non-hydrogen) atoms. The highest BCUT2D eigenvalue weighted by Crippen LogP contribution is 2.39. The molecule has 1 N–H and O–H groups in total. The summed E-state index contributed by atoms with van der Waals surface area (Å²) in [6, 6.07) is 4.84. The summed E-state index contributed by atoms with van der Waals surface area (Å²) >= 11 is 0. The Morgan fingerprint density at radius 2 is 1.49 bits per heavy atom. The summed E-state index contributed by atoms with van der Waals surface area (Å²) in [5, 5.41) is 3.51. The number of nitrogens with zero attached hydrogens (tertiary/aromatic N) is 6. The van der Waals surface area contributed by atoms with Crippen LogP contribution in [0.15, 0.2) is 42.6 Å². The maximum Gasteiger partial charge on any atom is 0.493 e. The molecule has 2 aromatic heterocycles. The number of pyridine rings is 1. The first kappa shape index (κ1) is 32.1. The molecule has 0 amide bonds. The van der Waals surface area contributed by atoms with E-state index in [4.69, 9.17) is 4.84 Å². The van der Waals surface area contributed by atoms with Crippen LogP contribution < -0.4 is 20.2 Å². The lowest BCUT2D eigenvalue weighted by molar-refractivity contribution is -0.199. The number of nitrogens with one attached hydrogen (secondary N) is 1. The molecule has 1 aromatic carbocycles. The SMILES string of the molecule is O=C(ON(c1ccc(C(F)(F)F)cc1)c1nc(N2CCNCC2)nc2c1CCN(c1ncccc1C(F)(F)F)CC2)C(F)(F)F. The molecule has 0 unspecified atom stereocenters. The molecule has 0 atom stereocenters. The van der Waals surface area contributed by atoms with Crippen LogP contribution in [0.25, 0.3) is 0 Å². The van der Waals surface area contributed by atoms with Crippen molar-refractivity contribution in [1.29, 1.82) is 0 Å². The second-order valence-electron chi connectivity index (χ2n) is 10.1. The molecule has 1 saturated heterocycles. The van der Waals surface area contributed by atoms with Crippen molar-refractivity contribution in [3.05, 3.63) is 65.0 Å². The molecule has 2 aliphatic rings. The molecule has 0 radical (unpaired) electrons. The Hall–Kier alpha value is -4.35. The number of alkyl halides is 9. The van der Waals surface area contributed by atoms with Crippen LogP contribution in [0, 0.1) is 0 Å². The highest BCUT2D eigenvalue weighted by Gasteiger charge is 2.44. The standard InChI is InChI=1S/C27H24F9N7O2/c28-25(29,30)16-3-5-17(6-4-16)43(45-23(44)27(34,35)36)21-18-7-12-41(22-19(26(31,32)33)2-1-9-38-22)13-8-20(18)39-24(40-21)42-14-10-37-11-15-42/h1-6,9,37H,7-8,10-15H2. The molecule has 242 valence electrons. The topological polar surface area (TPSA) is 86.7 Å². The molecule has 0 saturated carbocycles. The lowest BCUT2D eigenvalue weighted by Gasteiger charge is -2.30. The molecule has 9 nitrogen and oxygen atoms in total. The summed E-state index contributed by atoms with van der Waals surface area (Å²) in [6.45, 7) is 1.65. The van der Waals surface area contributed by atoms with Crippen molar-refractivity contribution in [2.24, 2.45) is 0 Å². The van der Waals surface area contributed by atoms with Crippen LogP contribution in [-0.2, 0) is 34.8 Å². The molecule has 4 heterocycles. The third-order valence-corrected chi connectivity index (χ3v) is 7.13. The fourth-order valence-corrected chi connectivity index (χ4v) is 4.96. The maximum atomic E-state index is 13.8. The van der Waals surface area contributed by atoms with Gasteiger partial charge in [-0.2, -0.15) is 49.6 Å². The van der Waals surface area contributed by atoms with Gasteiger partial charge in [0.25, 0.3) is 0 Å². The van der Waals surface area contributed by atoms with Crippen molar-refractivity contribution in [2.45, 2.75) is 31.4 Å². The fourth-order valence-electron chi connectivity index (χ4n) is 4.96. The van der Waals surface area contributed by atoms with Gasteiger partial charge in [-0.15, -0.1) is 0 Å². The fraction of sp³-hybridized carbons (Fsp3) is 0.407. The molecule has 2 aliphatic heterocycles. The van der Waals surface area contributed by atoms with E-state index in [1.54, 1.807) is 4.90 Å². The van der Waals surface area contributed by atoms with E-state index in [1.807, 2.05) is 0 Å². The summed E-state index contributed by atoms with van der Waals surface area (Å²) < 4.78 is 121. The number of piperazine rings is 1. The minimum atomic E-state index is -5.49. The van der Waals surface area contributed by atoms with Gasteiger partial charge in [0, 0.05) is 57.4 Å². The first-order valence-corrected chi connectivity index (χ1v) is 13.5. The number of benzene rings is 1. The van der Waals surface area contributed by atoms with Gasteiger partial charge >= 0.3 is 24.5 Å². The van der Waals surface area contributed by atoms with Crippen molar-refractivity contribution in [3.8, 4) is 0 Å². The normalized spacial score (nSPS) is 16.2. The van der Waals surface area contributed by atoms with E-state index in [0.29, 0.717) is 43.4 Å². The van der Waals surface area contributed by atoms with Gasteiger partial charge in [0.1, 0.15) is 5.82 Å². The van der Waals surface area contributed by atoms with E-state index in [0.717, 1.165) is 24.3 Å². The van der Waals surface area contributed by atoms with Crippen LogP contribution in [0.4, 0.5) is 62.8 Å². The van der Waals surface area contributed by atoms with Gasteiger partial charge in [-0.1, -0.05) is 0 Å². The van der Waals surface area contributed by atoms with Crippen molar-refractivity contribution in [1.82, 2.24) is 20.3 Å². The highest BCUT2D eigenvalue weighted by molar-refractivity contribution is 5.79. The van der Waals surface area contributed by atoms with Crippen molar-refractivity contribution in [3.63, 3.8) is 0 Å². The summed E-state index contributed by atoms with van der Waals surface area (Å²) in [5.74, 6) is -3.37. The predicted octanol–water partition coefficient (Wildman–Crippen LogP) is 5.08. The largest absolute Gasteiger partial charge is 0.493 e. The van der Waals surface area contributed by atoms with E-state index >= 15 is 0 Å². The zero-order valence-corrected chi connectivity index (χ0v) is 23.1. The molecule has 18 heteroatoms. The third-order valence-electron chi connectivity index (χ3n) is 7.13. The summed E-state index contributed by atoms with van der Waals surface area (Å²) in [6.07, 6.45) is -13.9. The number of anilines is 4. The van der Waals surface area contributed by atoms with E-state index in [1.165, 1.54) is 11.1 Å². The van der Waals surface area contributed by atoms with Gasteiger partial charge in [-0.25, -0.2) is 14.8 Å². The molecular formula is C27H24F9N7O2. The van der Waals surface area contributed by atoms with Crippen LogP contribution in [0.2, 0.25) is 0 Å². The first-order valence-electron chi connectivity index (χ1n) is 13.5. The van der Waals surface area contributed by atoms with Gasteiger partial charge in [-0.3, -0.25) is 0 Å². The number of hydrogen-bond donors (Lipinski definition) is 1. The Balaban J connectivity index is 1.62. The molecule has 1 fully saturated rings. The third kappa shape index (κ3) is 7.15. The monoisotopic (exact) mass is 649 g/mol. The highest BCUT2D eigenvalue weighted by atomic mass is 19.4. The second kappa shape index (κ2) is 12.2.